The van der Waals surface area contributed by atoms with Crippen molar-refractivity contribution in [2.24, 2.45) is 5.92 Å². The second-order valence-electron chi connectivity index (χ2n) is 6.30. The Labute approximate surface area is 133 Å². The number of nitrogens with zero attached hydrogens (tertiary/aromatic N) is 1. The van der Waals surface area contributed by atoms with Crippen LogP contribution in [0, 0.1) is 5.92 Å². The van der Waals surface area contributed by atoms with Crippen molar-refractivity contribution < 1.29 is 9.53 Å². The third-order valence-corrected chi connectivity index (χ3v) is 5.80. The quantitative estimate of drug-likeness (QED) is 0.848. The molecule has 3 atom stereocenters. The molecule has 2 aliphatic rings. The van der Waals surface area contributed by atoms with Gasteiger partial charge in [-0.3, -0.25) is 0 Å². The molecule has 4 nitrogen and oxygen atoms in total. The summed E-state index contributed by atoms with van der Waals surface area (Å²) in [5, 5.41) is 4.01. The Morgan fingerprint density at radius 1 is 1.33 bits per heavy atom. The zero-order chi connectivity index (χ0) is 15.1. The lowest BCUT2D eigenvalue weighted by Crippen LogP contribution is -2.50. The van der Waals surface area contributed by atoms with Gasteiger partial charge in [0.05, 0.1) is 6.61 Å². The molecule has 1 heterocycles. The predicted octanol–water partition coefficient (Wildman–Crippen LogP) is 3.12. The number of urea groups is 1. The number of likely N-dealkylation sites (tertiary alicyclic amines) is 1. The van der Waals surface area contributed by atoms with E-state index in [1.165, 1.54) is 25.0 Å². The fraction of sp³-hybridized carbons (Fsp3) is 0.938. The maximum absolute atomic E-state index is 12.4. The molecule has 3 unspecified atom stereocenters. The van der Waals surface area contributed by atoms with Gasteiger partial charge in [-0.25, -0.2) is 4.79 Å². The van der Waals surface area contributed by atoms with E-state index < -0.39 is 0 Å². The highest BCUT2D eigenvalue weighted by Gasteiger charge is 2.27. The maximum Gasteiger partial charge on any atom is 0.317 e. The number of thioether (sulfide) groups is 1. The van der Waals surface area contributed by atoms with Crippen LogP contribution in [-0.2, 0) is 4.74 Å². The molecule has 0 radical (unpaired) electrons. The van der Waals surface area contributed by atoms with Gasteiger partial charge in [0.2, 0.25) is 0 Å². The molecule has 5 heteroatoms. The van der Waals surface area contributed by atoms with Crippen LogP contribution in [0.3, 0.4) is 0 Å². The van der Waals surface area contributed by atoms with Crippen molar-refractivity contribution in [1.82, 2.24) is 10.2 Å². The first-order valence-electron chi connectivity index (χ1n) is 8.39. The Hall–Kier alpha value is -0.420. The number of methoxy groups -OCH3 is 1. The Kier molecular flexibility index (Phi) is 7.17. The monoisotopic (exact) mass is 314 g/mol. The second-order valence-corrected chi connectivity index (χ2v) is 7.88. The number of amides is 2. The molecule has 0 aromatic heterocycles. The molecule has 0 spiro atoms. The highest BCUT2D eigenvalue weighted by atomic mass is 32.2. The Morgan fingerprint density at radius 3 is 2.95 bits per heavy atom. The summed E-state index contributed by atoms with van der Waals surface area (Å²) in [4.78, 5) is 14.4. The number of piperidine rings is 1. The van der Waals surface area contributed by atoms with Gasteiger partial charge < -0.3 is 15.0 Å². The first kappa shape index (κ1) is 16.9. The summed E-state index contributed by atoms with van der Waals surface area (Å²) in [6, 6.07) is 0.515. The topological polar surface area (TPSA) is 41.6 Å². The maximum atomic E-state index is 12.4. The zero-order valence-electron chi connectivity index (χ0n) is 13.5. The van der Waals surface area contributed by atoms with Crippen LogP contribution < -0.4 is 5.32 Å². The number of nitrogens with one attached hydrogen (secondary N) is 1. The molecule has 1 saturated heterocycles. The van der Waals surface area contributed by atoms with Crippen LogP contribution in [0.5, 0.6) is 0 Å². The zero-order valence-corrected chi connectivity index (χ0v) is 14.3. The van der Waals surface area contributed by atoms with Gasteiger partial charge in [-0.1, -0.05) is 13.3 Å². The average molecular weight is 314 g/mol. The van der Waals surface area contributed by atoms with Crippen LogP contribution in [0.2, 0.25) is 0 Å². The van der Waals surface area contributed by atoms with E-state index in [0.29, 0.717) is 12.0 Å². The number of ether oxygens (including phenoxy) is 1. The van der Waals surface area contributed by atoms with Crippen molar-refractivity contribution in [3.8, 4) is 0 Å². The first-order valence-corrected chi connectivity index (χ1v) is 9.43. The van der Waals surface area contributed by atoms with Crippen molar-refractivity contribution in [3.63, 3.8) is 0 Å². The predicted molar refractivity (Wildman–Crippen MR) is 88.9 cm³/mol. The fourth-order valence-electron chi connectivity index (χ4n) is 3.55. The Balaban J connectivity index is 1.77. The molecule has 2 amide bonds. The van der Waals surface area contributed by atoms with E-state index in [1.807, 2.05) is 16.7 Å². The lowest BCUT2D eigenvalue weighted by atomic mass is 9.95. The minimum absolute atomic E-state index is 0.142. The molecule has 0 bridgehead atoms. The van der Waals surface area contributed by atoms with Crippen LogP contribution >= 0.6 is 11.8 Å². The number of carbonyl (C=O) groups excluding carboxylic acids is 1. The molecule has 0 aromatic carbocycles. The molecule has 1 aliphatic heterocycles. The van der Waals surface area contributed by atoms with Gasteiger partial charge in [0.15, 0.2) is 0 Å². The Bertz CT molecular complexity index is 323. The van der Waals surface area contributed by atoms with E-state index in [2.05, 4.69) is 12.2 Å². The number of rotatable bonds is 5. The molecular formula is C16H30N2O2S. The van der Waals surface area contributed by atoms with Crippen molar-refractivity contribution in [2.75, 3.05) is 32.6 Å². The molecule has 0 aromatic rings. The minimum Gasteiger partial charge on any atom is -0.384 e. The van der Waals surface area contributed by atoms with Crippen LogP contribution in [0.4, 0.5) is 4.79 Å². The molecule has 2 fully saturated rings. The van der Waals surface area contributed by atoms with Gasteiger partial charge >= 0.3 is 6.03 Å². The first-order chi connectivity index (χ1) is 10.2. The molecular weight excluding hydrogens is 284 g/mol. The summed E-state index contributed by atoms with van der Waals surface area (Å²) in [6.45, 7) is 4.73. The lowest BCUT2D eigenvalue weighted by molar-refractivity contribution is 0.0990. The molecule has 1 N–H and O–H groups in total. The normalized spacial score (nSPS) is 30.2. The minimum atomic E-state index is 0.142. The van der Waals surface area contributed by atoms with Crippen molar-refractivity contribution in [2.45, 2.75) is 56.7 Å². The van der Waals surface area contributed by atoms with Gasteiger partial charge in [0, 0.05) is 37.4 Å². The van der Waals surface area contributed by atoms with Gasteiger partial charge in [-0.2, -0.15) is 11.8 Å². The van der Waals surface area contributed by atoms with Crippen LogP contribution in [0.25, 0.3) is 0 Å². The van der Waals surface area contributed by atoms with E-state index in [0.717, 1.165) is 44.2 Å². The molecule has 2 rings (SSSR count). The van der Waals surface area contributed by atoms with Crippen molar-refractivity contribution >= 4 is 17.8 Å². The summed E-state index contributed by atoms with van der Waals surface area (Å²) >= 11 is 2.04. The summed E-state index contributed by atoms with van der Waals surface area (Å²) < 4.78 is 5.24. The van der Waals surface area contributed by atoms with Crippen LogP contribution in [0.1, 0.15) is 45.4 Å². The Morgan fingerprint density at radius 2 is 2.19 bits per heavy atom. The van der Waals surface area contributed by atoms with Crippen LogP contribution in [-0.4, -0.2) is 54.8 Å². The fourth-order valence-corrected chi connectivity index (χ4v) is 4.72. The standard InChI is InChI=1S/C16H30N2O2S/c1-3-21-15-8-4-7-14(10-15)17-16(19)18-9-5-6-13(11-18)12-20-2/h13-15H,3-12H2,1-2H3,(H,17,19). The summed E-state index contributed by atoms with van der Waals surface area (Å²) in [5.74, 6) is 1.68. The average Bonchev–Trinajstić information content (AvgIpc) is 2.48. The highest BCUT2D eigenvalue weighted by molar-refractivity contribution is 7.99. The molecule has 21 heavy (non-hydrogen) atoms. The number of carbonyl (C=O) groups is 1. The van der Waals surface area contributed by atoms with E-state index in [1.54, 1.807) is 7.11 Å². The largest absolute Gasteiger partial charge is 0.384 e. The highest BCUT2D eigenvalue weighted by Crippen LogP contribution is 2.28. The van der Waals surface area contributed by atoms with E-state index in [-0.39, 0.29) is 6.03 Å². The summed E-state index contributed by atoms with van der Waals surface area (Å²) in [6.07, 6.45) is 7.11. The van der Waals surface area contributed by atoms with E-state index in [4.69, 9.17) is 4.74 Å². The van der Waals surface area contributed by atoms with Gasteiger partial charge in [-0.05, 0) is 37.9 Å². The summed E-state index contributed by atoms with van der Waals surface area (Å²) in [5.41, 5.74) is 0. The number of hydrogen-bond donors (Lipinski definition) is 1. The van der Waals surface area contributed by atoms with Crippen molar-refractivity contribution in [1.29, 1.82) is 0 Å². The van der Waals surface area contributed by atoms with E-state index >= 15 is 0 Å². The van der Waals surface area contributed by atoms with Gasteiger partial charge in [0.1, 0.15) is 0 Å². The lowest BCUT2D eigenvalue weighted by Gasteiger charge is -2.35. The summed E-state index contributed by atoms with van der Waals surface area (Å²) in [7, 11) is 1.74. The smallest absolute Gasteiger partial charge is 0.317 e. The van der Waals surface area contributed by atoms with Gasteiger partial charge in [-0.15, -0.1) is 0 Å². The third-order valence-electron chi connectivity index (χ3n) is 4.56. The second kappa shape index (κ2) is 8.89. The molecule has 1 saturated carbocycles. The molecule has 122 valence electrons. The van der Waals surface area contributed by atoms with Gasteiger partial charge in [0.25, 0.3) is 0 Å². The van der Waals surface area contributed by atoms with Crippen LogP contribution in [0.15, 0.2) is 0 Å². The van der Waals surface area contributed by atoms with E-state index in [9.17, 15) is 4.79 Å². The third kappa shape index (κ3) is 5.37. The SMILES string of the molecule is CCSC1CCCC(NC(=O)N2CCCC(COC)C2)C1. The van der Waals surface area contributed by atoms with Crippen molar-refractivity contribution in [3.05, 3.63) is 0 Å². The molecule has 1 aliphatic carbocycles. The number of hydrogen-bond acceptors (Lipinski definition) is 3.